The van der Waals surface area contributed by atoms with Crippen LogP contribution >= 0.6 is 0 Å². The van der Waals surface area contributed by atoms with E-state index in [0.29, 0.717) is 13.1 Å². The van der Waals surface area contributed by atoms with Crippen molar-refractivity contribution in [2.75, 3.05) is 31.3 Å². The normalized spacial score (nSPS) is 21.9. The fourth-order valence-corrected chi connectivity index (χ4v) is 4.31. The highest BCUT2D eigenvalue weighted by atomic mass is 32.2. The number of para-hydroxylation sites is 1. The maximum absolute atomic E-state index is 12.4. The minimum atomic E-state index is -3.25. The molecule has 1 saturated heterocycles. The average Bonchev–Trinajstić information content (AvgIpc) is 2.48. The lowest BCUT2D eigenvalue weighted by atomic mass is 10.1. The second-order valence-corrected chi connectivity index (χ2v) is 7.55. The Kier molecular flexibility index (Phi) is 5.61. The van der Waals surface area contributed by atoms with Crippen LogP contribution in [0.4, 0.5) is 5.69 Å². The summed E-state index contributed by atoms with van der Waals surface area (Å²) in [6, 6.07) is 10.1. The van der Waals surface area contributed by atoms with Gasteiger partial charge in [-0.3, -0.25) is 0 Å². The van der Waals surface area contributed by atoms with Crippen molar-refractivity contribution in [1.29, 1.82) is 0 Å². The highest BCUT2D eigenvalue weighted by molar-refractivity contribution is 7.89. The predicted octanol–water partition coefficient (Wildman–Crippen LogP) is 1.93. The molecule has 5 nitrogen and oxygen atoms in total. The van der Waals surface area contributed by atoms with E-state index in [-0.39, 0.29) is 17.9 Å². The Labute approximate surface area is 127 Å². The van der Waals surface area contributed by atoms with E-state index in [9.17, 15) is 8.42 Å². The molecular formula is C15H24N2O3S. The smallest absolute Gasteiger partial charge is 0.216 e. The molecule has 1 aromatic rings. The van der Waals surface area contributed by atoms with Crippen molar-refractivity contribution in [2.24, 2.45) is 0 Å². The summed E-state index contributed by atoms with van der Waals surface area (Å²) in [5, 5.41) is 3.41. The van der Waals surface area contributed by atoms with Crippen LogP contribution in [-0.2, 0) is 14.8 Å². The van der Waals surface area contributed by atoms with Gasteiger partial charge in [0.25, 0.3) is 0 Å². The minimum Gasteiger partial charge on any atom is -0.381 e. The van der Waals surface area contributed by atoms with Crippen molar-refractivity contribution in [1.82, 2.24) is 4.31 Å². The Morgan fingerprint density at radius 2 is 2.10 bits per heavy atom. The van der Waals surface area contributed by atoms with Crippen molar-refractivity contribution < 1.29 is 13.2 Å². The van der Waals surface area contributed by atoms with E-state index in [0.717, 1.165) is 18.5 Å². The largest absolute Gasteiger partial charge is 0.381 e. The first kappa shape index (κ1) is 16.3. The Morgan fingerprint density at radius 1 is 1.38 bits per heavy atom. The zero-order valence-electron chi connectivity index (χ0n) is 12.7. The van der Waals surface area contributed by atoms with Crippen molar-refractivity contribution in [3.8, 4) is 0 Å². The lowest BCUT2D eigenvalue weighted by molar-refractivity contribution is 0.134. The first-order valence-corrected chi connectivity index (χ1v) is 8.94. The van der Waals surface area contributed by atoms with Gasteiger partial charge < -0.3 is 10.1 Å². The SMILES string of the molecule is CO[C@@H](C)CS(=O)(=O)N1CCC[C@H](Nc2ccccc2)C1. The van der Waals surface area contributed by atoms with E-state index in [4.69, 9.17) is 4.74 Å². The van der Waals surface area contributed by atoms with Crippen LogP contribution < -0.4 is 5.32 Å². The van der Waals surface area contributed by atoms with Crippen LogP contribution in [-0.4, -0.2) is 50.8 Å². The summed E-state index contributed by atoms with van der Waals surface area (Å²) in [6.45, 7) is 2.90. The van der Waals surface area contributed by atoms with Crippen molar-refractivity contribution in [2.45, 2.75) is 31.9 Å². The molecule has 1 aliphatic heterocycles. The van der Waals surface area contributed by atoms with Gasteiger partial charge in [-0.2, -0.15) is 4.31 Å². The maximum Gasteiger partial charge on any atom is 0.216 e. The molecule has 0 aliphatic carbocycles. The minimum absolute atomic E-state index is 0.0432. The van der Waals surface area contributed by atoms with Crippen molar-refractivity contribution in [3.63, 3.8) is 0 Å². The summed E-state index contributed by atoms with van der Waals surface area (Å²) in [4.78, 5) is 0. The standard InChI is InChI=1S/C15H24N2O3S/c1-13(20-2)12-21(18,19)17-10-6-9-15(11-17)16-14-7-4-3-5-8-14/h3-5,7-8,13,15-16H,6,9-12H2,1-2H3/t13-,15-/m0/s1. The number of ether oxygens (including phenoxy) is 1. The molecule has 1 fully saturated rings. The van der Waals surface area contributed by atoms with E-state index >= 15 is 0 Å². The van der Waals surface area contributed by atoms with Gasteiger partial charge in [-0.1, -0.05) is 18.2 Å². The molecule has 1 aromatic carbocycles. The molecule has 1 aliphatic rings. The van der Waals surface area contributed by atoms with E-state index < -0.39 is 10.0 Å². The summed E-state index contributed by atoms with van der Waals surface area (Å²) >= 11 is 0. The Morgan fingerprint density at radius 3 is 2.76 bits per heavy atom. The summed E-state index contributed by atoms with van der Waals surface area (Å²) in [7, 11) is -1.71. The molecule has 1 heterocycles. The van der Waals surface area contributed by atoms with Gasteiger partial charge in [-0.15, -0.1) is 0 Å². The third-order valence-electron chi connectivity index (χ3n) is 3.77. The number of nitrogens with zero attached hydrogens (tertiary/aromatic N) is 1. The number of anilines is 1. The fourth-order valence-electron chi connectivity index (χ4n) is 2.55. The number of rotatable bonds is 6. The van der Waals surface area contributed by atoms with Gasteiger partial charge in [0.05, 0.1) is 11.9 Å². The molecule has 2 rings (SSSR count). The van der Waals surface area contributed by atoms with Crippen LogP contribution in [0.5, 0.6) is 0 Å². The molecule has 0 spiro atoms. The number of nitrogens with one attached hydrogen (secondary N) is 1. The summed E-state index contributed by atoms with van der Waals surface area (Å²) < 4.78 is 31.4. The number of hydrogen-bond acceptors (Lipinski definition) is 4. The number of methoxy groups -OCH3 is 1. The lowest BCUT2D eigenvalue weighted by Gasteiger charge is -2.33. The maximum atomic E-state index is 12.4. The monoisotopic (exact) mass is 312 g/mol. The molecule has 21 heavy (non-hydrogen) atoms. The first-order chi connectivity index (χ1) is 10.0. The molecule has 0 aromatic heterocycles. The van der Waals surface area contributed by atoms with Gasteiger partial charge in [0.15, 0.2) is 0 Å². The van der Waals surface area contributed by atoms with Crippen LogP contribution in [0.25, 0.3) is 0 Å². The summed E-state index contributed by atoms with van der Waals surface area (Å²) in [6.07, 6.45) is 1.59. The van der Waals surface area contributed by atoms with Crippen LogP contribution in [0.15, 0.2) is 30.3 Å². The van der Waals surface area contributed by atoms with Crippen molar-refractivity contribution in [3.05, 3.63) is 30.3 Å². The van der Waals surface area contributed by atoms with Crippen LogP contribution in [0.3, 0.4) is 0 Å². The molecule has 6 heteroatoms. The van der Waals surface area contributed by atoms with Crippen LogP contribution in [0.1, 0.15) is 19.8 Å². The highest BCUT2D eigenvalue weighted by Crippen LogP contribution is 2.19. The molecule has 0 bridgehead atoms. The third kappa shape index (κ3) is 4.69. The third-order valence-corrected chi connectivity index (χ3v) is 5.78. The zero-order valence-corrected chi connectivity index (χ0v) is 13.5. The Balaban J connectivity index is 1.97. The van der Waals surface area contributed by atoms with Crippen molar-refractivity contribution >= 4 is 15.7 Å². The number of hydrogen-bond donors (Lipinski definition) is 1. The number of piperidine rings is 1. The van der Waals surface area contributed by atoms with Gasteiger partial charge in [0, 0.05) is 31.9 Å². The van der Waals surface area contributed by atoms with Crippen LogP contribution in [0.2, 0.25) is 0 Å². The van der Waals surface area contributed by atoms with E-state index in [1.54, 1.807) is 11.2 Å². The molecule has 0 saturated carbocycles. The number of sulfonamides is 1. The van der Waals surface area contributed by atoms with Gasteiger partial charge >= 0.3 is 0 Å². The lowest BCUT2D eigenvalue weighted by Crippen LogP contribution is -2.47. The first-order valence-electron chi connectivity index (χ1n) is 7.33. The second-order valence-electron chi connectivity index (χ2n) is 5.53. The zero-order chi connectivity index (χ0) is 15.3. The van der Waals surface area contributed by atoms with E-state index in [1.165, 1.54) is 7.11 Å². The van der Waals surface area contributed by atoms with E-state index in [2.05, 4.69) is 5.32 Å². The molecule has 0 amide bonds. The highest BCUT2D eigenvalue weighted by Gasteiger charge is 2.30. The molecule has 118 valence electrons. The molecular weight excluding hydrogens is 288 g/mol. The molecule has 0 unspecified atom stereocenters. The molecule has 2 atom stereocenters. The molecule has 1 N–H and O–H groups in total. The topological polar surface area (TPSA) is 58.6 Å². The average molecular weight is 312 g/mol. The van der Waals surface area contributed by atoms with E-state index in [1.807, 2.05) is 30.3 Å². The Bertz CT molecular complexity index is 533. The summed E-state index contributed by atoms with van der Waals surface area (Å²) in [5.74, 6) is 0.0432. The molecule has 0 radical (unpaired) electrons. The predicted molar refractivity (Wildman–Crippen MR) is 84.9 cm³/mol. The van der Waals surface area contributed by atoms with Gasteiger partial charge in [-0.05, 0) is 31.9 Å². The van der Waals surface area contributed by atoms with Gasteiger partial charge in [0.2, 0.25) is 10.0 Å². The number of benzene rings is 1. The Hall–Kier alpha value is -1.11. The van der Waals surface area contributed by atoms with Gasteiger partial charge in [-0.25, -0.2) is 8.42 Å². The summed E-state index contributed by atoms with van der Waals surface area (Å²) in [5.41, 5.74) is 1.03. The second kappa shape index (κ2) is 7.24. The van der Waals surface area contributed by atoms with Crippen LogP contribution in [0, 0.1) is 0 Å². The van der Waals surface area contributed by atoms with Gasteiger partial charge in [0.1, 0.15) is 0 Å². The fraction of sp³-hybridized carbons (Fsp3) is 0.600. The quantitative estimate of drug-likeness (QED) is 0.872.